The Morgan fingerprint density at radius 1 is 1.15 bits per heavy atom. The van der Waals surface area contributed by atoms with E-state index in [-0.39, 0.29) is 18.1 Å². The Hall–Kier alpha value is -2.53. The monoisotopic (exact) mass is 372 g/mol. The topological polar surface area (TPSA) is 58.6 Å². The van der Waals surface area contributed by atoms with Crippen LogP contribution < -0.4 is 5.32 Å². The quantitative estimate of drug-likeness (QED) is 0.863. The van der Waals surface area contributed by atoms with Gasteiger partial charge in [-0.25, -0.2) is 4.79 Å². The number of benzene rings is 2. The van der Waals surface area contributed by atoms with Gasteiger partial charge in [0.05, 0.1) is 16.7 Å². The maximum Gasteiger partial charge on any atom is 0.410 e. The number of rotatable bonds is 3. The zero-order chi connectivity index (χ0) is 18.7. The van der Waals surface area contributed by atoms with Gasteiger partial charge in [-0.05, 0) is 55.7 Å². The lowest BCUT2D eigenvalue weighted by atomic mass is 9.99. The first kappa shape index (κ1) is 18.3. The van der Waals surface area contributed by atoms with Crippen molar-refractivity contribution < 1.29 is 14.3 Å². The Morgan fingerprint density at radius 3 is 2.65 bits per heavy atom. The van der Waals surface area contributed by atoms with Crippen LogP contribution in [0.5, 0.6) is 0 Å². The van der Waals surface area contributed by atoms with E-state index in [1.54, 1.807) is 29.2 Å². The van der Waals surface area contributed by atoms with Crippen molar-refractivity contribution in [3.05, 3.63) is 64.2 Å². The molecule has 2 aromatic carbocycles. The highest BCUT2D eigenvalue weighted by Gasteiger charge is 2.23. The molecule has 26 heavy (non-hydrogen) atoms. The van der Waals surface area contributed by atoms with Gasteiger partial charge in [-0.2, -0.15) is 0 Å². The Balaban J connectivity index is 1.74. The molecule has 1 heterocycles. The van der Waals surface area contributed by atoms with Crippen LogP contribution in [-0.4, -0.2) is 29.5 Å². The van der Waals surface area contributed by atoms with Crippen molar-refractivity contribution >= 4 is 29.3 Å². The summed E-state index contributed by atoms with van der Waals surface area (Å²) in [6, 6.07) is 12.7. The molecular weight excluding hydrogens is 352 g/mol. The molecule has 1 aliphatic rings. The zero-order valence-corrected chi connectivity index (χ0v) is 15.5. The molecule has 0 saturated carbocycles. The normalized spacial score (nSPS) is 13.3. The first-order valence-electron chi connectivity index (χ1n) is 8.57. The lowest BCUT2D eigenvalue weighted by Crippen LogP contribution is -2.37. The first-order valence-corrected chi connectivity index (χ1v) is 8.95. The summed E-state index contributed by atoms with van der Waals surface area (Å²) in [6.45, 7) is 4.76. The van der Waals surface area contributed by atoms with Crippen molar-refractivity contribution in [2.75, 3.05) is 11.9 Å². The SMILES string of the molecule is CC(C)OC(=O)N1CCc2ccc(NC(=O)c3ccccc3Cl)cc2C1. The predicted molar refractivity (Wildman–Crippen MR) is 102 cm³/mol. The number of carbonyl (C=O) groups excluding carboxylic acids is 2. The van der Waals surface area contributed by atoms with Gasteiger partial charge in [-0.15, -0.1) is 0 Å². The second-order valence-corrected chi connectivity index (χ2v) is 6.93. The minimum absolute atomic E-state index is 0.148. The fourth-order valence-corrected chi connectivity index (χ4v) is 3.13. The summed E-state index contributed by atoms with van der Waals surface area (Å²) in [7, 11) is 0. The van der Waals surface area contributed by atoms with Crippen molar-refractivity contribution in [1.82, 2.24) is 4.90 Å². The molecule has 2 amide bonds. The fourth-order valence-electron chi connectivity index (χ4n) is 2.91. The van der Waals surface area contributed by atoms with Gasteiger partial charge in [0.1, 0.15) is 0 Å². The van der Waals surface area contributed by atoms with Gasteiger partial charge in [0.2, 0.25) is 0 Å². The molecule has 2 aromatic rings. The van der Waals surface area contributed by atoms with Gasteiger partial charge in [-0.3, -0.25) is 4.79 Å². The fraction of sp³-hybridized carbons (Fsp3) is 0.300. The predicted octanol–water partition coefficient (Wildman–Crippen LogP) is 4.50. The van der Waals surface area contributed by atoms with Crippen LogP contribution in [0.15, 0.2) is 42.5 Å². The van der Waals surface area contributed by atoms with E-state index in [2.05, 4.69) is 5.32 Å². The number of anilines is 1. The number of nitrogens with one attached hydrogen (secondary N) is 1. The molecule has 0 fully saturated rings. The first-order chi connectivity index (χ1) is 12.4. The molecule has 5 nitrogen and oxygen atoms in total. The van der Waals surface area contributed by atoms with Crippen LogP contribution in [0.3, 0.4) is 0 Å². The van der Waals surface area contributed by atoms with Gasteiger partial charge in [0, 0.05) is 18.8 Å². The van der Waals surface area contributed by atoms with Gasteiger partial charge < -0.3 is 15.0 Å². The van der Waals surface area contributed by atoms with Gasteiger partial charge in [-0.1, -0.05) is 29.8 Å². The maximum atomic E-state index is 12.4. The number of amides is 2. The molecule has 0 aliphatic carbocycles. The van der Waals surface area contributed by atoms with Crippen LogP contribution in [0.2, 0.25) is 5.02 Å². The highest BCUT2D eigenvalue weighted by atomic mass is 35.5. The Labute approximate surface area is 157 Å². The molecule has 0 unspecified atom stereocenters. The standard InChI is InChI=1S/C20H21ClN2O3/c1-13(2)26-20(25)23-10-9-14-7-8-16(11-15(14)12-23)22-19(24)17-5-3-4-6-18(17)21/h3-8,11,13H,9-10,12H2,1-2H3,(H,22,24). The van der Waals surface area contributed by atoms with Crippen LogP contribution in [-0.2, 0) is 17.7 Å². The molecular formula is C20H21ClN2O3. The highest BCUT2D eigenvalue weighted by molar-refractivity contribution is 6.34. The highest BCUT2D eigenvalue weighted by Crippen LogP contribution is 2.24. The largest absolute Gasteiger partial charge is 0.447 e. The smallest absolute Gasteiger partial charge is 0.410 e. The molecule has 0 saturated heterocycles. The Morgan fingerprint density at radius 2 is 1.92 bits per heavy atom. The van der Waals surface area contributed by atoms with Gasteiger partial charge in [0.15, 0.2) is 0 Å². The van der Waals surface area contributed by atoms with E-state index in [1.165, 1.54) is 5.56 Å². The van der Waals surface area contributed by atoms with Crippen molar-refractivity contribution in [1.29, 1.82) is 0 Å². The van der Waals surface area contributed by atoms with Crippen LogP contribution >= 0.6 is 11.6 Å². The molecule has 0 radical (unpaired) electrons. The van der Waals surface area contributed by atoms with E-state index < -0.39 is 0 Å². The zero-order valence-electron chi connectivity index (χ0n) is 14.8. The Kier molecular flexibility index (Phi) is 5.47. The molecule has 0 bridgehead atoms. The van der Waals surface area contributed by atoms with Crippen molar-refractivity contribution in [2.45, 2.75) is 32.9 Å². The van der Waals surface area contributed by atoms with E-state index in [1.807, 2.05) is 32.0 Å². The minimum Gasteiger partial charge on any atom is -0.447 e. The minimum atomic E-state index is -0.309. The molecule has 6 heteroatoms. The molecule has 0 spiro atoms. The summed E-state index contributed by atoms with van der Waals surface area (Å²) >= 11 is 6.08. The molecule has 0 atom stereocenters. The third kappa shape index (κ3) is 4.17. The maximum absolute atomic E-state index is 12.4. The molecule has 1 aliphatic heterocycles. The third-order valence-electron chi connectivity index (χ3n) is 4.19. The number of hydrogen-bond donors (Lipinski definition) is 1. The number of hydrogen-bond acceptors (Lipinski definition) is 3. The number of halogens is 1. The summed E-state index contributed by atoms with van der Waals surface area (Å²) in [5, 5.41) is 3.28. The van der Waals surface area contributed by atoms with E-state index in [0.717, 1.165) is 12.0 Å². The molecule has 3 rings (SSSR count). The third-order valence-corrected chi connectivity index (χ3v) is 4.52. The number of fused-ring (bicyclic) bond motifs is 1. The van der Waals surface area contributed by atoms with Crippen LogP contribution in [0.1, 0.15) is 35.3 Å². The van der Waals surface area contributed by atoms with E-state index >= 15 is 0 Å². The average Bonchev–Trinajstić information content (AvgIpc) is 2.60. The summed E-state index contributed by atoms with van der Waals surface area (Å²) in [4.78, 5) is 26.2. The lowest BCUT2D eigenvalue weighted by Gasteiger charge is -2.29. The molecule has 1 N–H and O–H groups in total. The van der Waals surface area contributed by atoms with Crippen molar-refractivity contribution in [2.24, 2.45) is 0 Å². The van der Waals surface area contributed by atoms with Crippen LogP contribution in [0.25, 0.3) is 0 Å². The summed E-state index contributed by atoms with van der Waals surface area (Å²) in [6.07, 6.45) is 0.308. The van der Waals surface area contributed by atoms with Crippen molar-refractivity contribution in [3.8, 4) is 0 Å². The molecule has 136 valence electrons. The second-order valence-electron chi connectivity index (χ2n) is 6.52. The van der Waals surface area contributed by atoms with Crippen LogP contribution in [0.4, 0.5) is 10.5 Å². The Bertz CT molecular complexity index is 836. The van der Waals surface area contributed by atoms with E-state index in [9.17, 15) is 9.59 Å². The van der Waals surface area contributed by atoms with Crippen LogP contribution in [0, 0.1) is 0 Å². The van der Waals surface area contributed by atoms with Crippen molar-refractivity contribution in [3.63, 3.8) is 0 Å². The van der Waals surface area contributed by atoms with Gasteiger partial charge >= 0.3 is 6.09 Å². The van der Waals surface area contributed by atoms with Gasteiger partial charge in [0.25, 0.3) is 5.91 Å². The summed E-state index contributed by atoms with van der Waals surface area (Å²) in [5.41, 5.74) is 3.28. The average molecular weight is 373 g/mol. The molecule has 0 aromatic heterocycles. The summed E-state index contributed by atoms with van der Waals surface area (Å²) in [5.74, 6) is -0.262. The van der Waals surface area contributed by atoms with E-state index in [4.69, 9.17) is 16.3 Å². The number of nitrogens with zero attached hydrogens (tertiary/aromatic N) is 1. The second kappa shape index (κ2) is 7.79. The van der Waals surface area contributed by atoms with E-state index in [0.29, 0.717) is 29.4 Å². The number of carbonyl (C=O) groups is 2. The lowest BCUT2D eigenvalue weighted by molar-refractivity contribution is 0.0729. The number of ether oxygens (including phenoxy) is 1. The summed E-state index contributed by atoms with van der Waals surface area (Å²) < 4.78 is 5.27.